The van der Waals surface area contributed by atoms with Gasteiger partial charge in [0.15, 0.2) is 0 Å². The average Bonchev–Trinajstić information content (AvgIpc) is 2.27. The minimum absolute atomic E-state index is 0.132. The fourth-order valence-corrected chi connectivity index (χ4v) is 1.72. The van der Waals surface area contributed by atoms with Crippen LogP contribution in [0.4, 0.5) is 30.7 Å². The molecule has 0 spiro atoms. The summed E-state index contributed by atoms with van der Waals surface area (Å²) in [5.74, 6) is -16.6. The molecule has 122 valence electrons. The second-order valence-corrected chi connectivity index (χ2v) is 4.06. The van der Waals surface area contributed by atoms with Gasteiger partial charge in [-0.3, -0.25) is 4.79 Å². The van der Waals surface area contributed by atoms with Crippen LogP contribution in [0.25, 0.3) is 0 Å². The first-order valence-corrected chi connectivity index (χ1v) is 5.24. The zero-order valence-corrected chi connectivity index (χ0v) is 10.3. The Balaban J connectivity index is 3.45. The summed E-state index contributed by atoms with van der Waals surface area (Å²) in [6.45, 7) is 1.04. The molecule has 1 heterocycles. The van der Waals surface area contributed by atoms with Crippen molar-refractivity contribution in [1.29, 1.82) is 0 Å². The number of halogens is 7. The highest BCUT2D eigenvalue weighted by molar-refractivity contribution is 5.66. The van der Waals surface area contributed by atoms with E-state index in [0.29, 0.717) is 6.92 Å². The first-order chi connectivity index (χ1) is 9.32. The smallest absolute Gasteiger partial charge is 0.462 e. The molecule has 0 amide bonds. The summed E-state index contributed by atoms with van der Waals surface area (Å²) in [6, 6.07) is 0. The van der Waals surface area contributed by atoms with Crippen molar-refractivity contribution in [1.82, 2.24) is 0 Å². The number of alkyl halides is 7. The SMILES string of the molecule is C=COC1C(F)(F)COC(OC(C)=O)(C(F)(F)F)C1(F)F. The van der Waals surface area contributed by atoms with E-state index in [4.69, 9.17) is 0 Å². The Hall–Kier alpha value is -1.52. The Morgan fingerprint density at radius 3 is 2.24 bits per heavy atom. The number of carbonyl (C=O) groups excluding carboxylic acids is 1. The molecule has 0 aromatic rings. The van der Waals surface area contributed by atoms with E-state index in [1.807, 2.05) is 0 Å². The molecule has 21 heavy (non-hydrogen) atoms. The molecule has 0 aromatic carbocycles. The van der Waals surface area contributed by atoms with Crippen LogP contribution in [0, 0.1) is 0 Å². The van der Waals surface area contributed by atoms with Crippen molar-refractivity contribution in [2.24, 2.45) is 0 Å². The maximum Gasteiger partial charge on any atom is 0.462 e. The molecule has 0 radical (unpaired) electrons. The molecule has 1 rings (SSSR count). The molecule has 1 aliphatic heterocycles. The summed E-state index contributed by atoms with van der Waals surface area (Å²) in [4.78, 5) is 10.7. The molecular weight excluding hydrogens is 317 g/mol. The van der Waals surface area contributed by atoms with Crippen LogP contribution >= 0.6 is 0 Å². The number of hydrogen-bond acceptors (Lipinski definition) is 4. The van der Waals surface area contributed by atoms with Gasteiger partial charge in [0.25, 0.3) is 0 Å². The standard InChI is InChI=1S/C10H9F7O4/c1-3-19-6-7(11,12)4-20-9(8(6,13)14,10(15,16)17)21-5(2)18/h3,6H,1,4H2,2H3. The van der Waals surface area contributed by atoms with Gasteiger partial charge in [0.05, 0.1) is 6.26 Å². The van der Waals surface area contributed by atoms with Crippen LogP contribution in [-0.2, 0) is 19.0 Å². The molecule has 1 fully saturated rings. The van der Waals surface area contributed by atoms with Crippen LogP contribution in [0.2, 0.25) is 0 Å². The Morgan fingerprint density at radius 2 is 1.86 bits per heavy atom. The predicted octanol–water partition coefficient (Wildman–Crippen LogP) is 2.64. The summed E-state index contributed by atoms with van der Waals surface area (Å²) in [6.07, 6.45) is -9.43. The molecule has 0 saturated carbocycles. The van der Waals surface area contributed by atoms with Crippen LogP contribution in [-0.4, -0.2) is 42.5 Å². The lowest BCUT2D eigenvalue weighted by Gasteiger charge is -2.47. The topological polar surface area (TPSA) is 44.8 Å². The van der Waals surface area contributed by atoms with E-state index in [1.54, 1.807) is 0 Å². The highest BCUT2D eigenvalue weighted by Gasteiger charge is 2.84. The lowest BCUT2D eigenvalue weighted by molar-refractivity contribution is -0.478. The van der Waals surface area contributed by atoms with E-state index < -0.39 is 42.5 Å². The van der Waals surface area contributed by atoms with Gasteiger partial charge in [-0.25, -0.2) is 0 Å². The summed E-state index contributed by atoms with van der Waals surface area (Å²) in [5, 5.41) is 0. The van der Waals surface area contributed by atoms with E-state index in [-0.39, 0.29) is 6.26 Å². The van der Waals surface area contributed by atoms with Crippen molar-refractivity contribution >= 4 is 5.97 Å². The second-order valence-electron chi connectivity index (χ2n) is 4.06. The molecule has 1 aliphatic rings. The zero-order chi connectivity index (χ0) is 16.7. The molecule has 0 N–H and O–H groups in total. The maximum absolute atomic E-state index is 14.0. The van der Waals surface area contributed by atoms with Crippen LogP contribution in [0.3, 0.4) is 0 Å². The average molecular weight is 326 g/mol. The Bertz CT molecular complexity index is 434. The van der Waals surface area contributed by atoms with E-state index in [2.05, 4.69) is 20.8 Å². The fraction of sp³-hybridized carbons (Fsp3) is 0.700. The molecule has 2 atom stereocenters. The number of hydrogen-bond donors (Lipinski definition) is 0. The third kappa shape index (κ3) is 2.65. The van der Waals surface area contributed by atoms with Gasteiger partial charge >= 0.3 is 29.8 Å². The largest absolute Gasteiger partial charge is 0.486 e. The predicted molar refractivity (Wildman–Crippen MR) is 51.5 cm³/mol. The summed E-state index contributed by atoms with van der Waals surface area (Å²) in [7, 11) is 0. The molecule has 4 nitrogen and oxygen atoms in total. The summed E-state index contributed by atoms with van der Waals surface area (Å²) < 4.78 is 104. The Labute approximate surface area is 113 Å². The van der Waals surface area contributed by atoms with Gasteiger partial charge in [-0.15, -0.1) is 0 Å². The lowest BCUT2D eigenvalue weighted by atomic mass is 9.93. The van der Waals surface area contributed by atoms with Crippen LogP contribution in [0.15, 0.2) is 12.8 Å². The van der Waals surface area contributed by atoms with E-state index in [1.165, 1.54) is 0 Å². The monoisotopic (exact) mass is 326 g/mol. The number of esters is 1. The van der Waals surface area contributed by atoms with E-state index in [9.17, 15) is 35.5 Å². The maximum atomic E-state index is 14.0. The van der Waals surface area contributed by atoms with Crippen LogP contribution in [0.1, 0.15) is 6.92 Å². The van der Waals surface area contributed by atoms with Crippen molar-refractivity contribution in [3.05, 3.63) is 12.8 Å². The third-order valence-electron chi connectivity index (χ3n) is 2.51. The number of rotatable bonds is 3. The van der Waals surface area contributed by atoms with E-state index >= 15 is 0 Å². The molecule has 0 aliphatic carbocycles. The van der Waals surface area contributed by atoms with Gasteiger partial charge in [-0.2, -0.15) is 30.7 Å². The number of carbonyl (C=O) groups is 1. The highest BCUT2D eigenvalue weighted by Crippen LogP contribution is 2.54. The van der Waals surface area contributed by atoms with Crippen molar-refractivity contribution in [3.8, 4) is 0 Å². The third-order valence-corrected chi connectivity index (χ3v) is 2.51. The number of ether oxygens (including phenoxy) is 3. The van der Waals surface area contributed by atoms with Crippen molar-refractivity contribution < 1.29 is 49.7 Å². The van der Waals surface area contributed by atoms with Crippen LogP contribution < -0.4 is 0 Å². The zero-order valence-electron chi connectivity index (χ0n) is 10.3. The molecular formula is C10H9F7O4. The second kappa shape index (κ2) is 5.04. The minimum Gasteiger partial charge on any atom is -0.486 e. The van der Waals surface area contributed by atoms with Crippen molar-refractivity contribution in [3.63, 3.8) is 0 Å². The van der Waals surface area contributed by atoms with Gasteiger partial charge < -0.3 is 14.2 Å². The minimum atomic E-state index is -5.98. The first-order valence-electron chi connectivity index (χ1n) is 5.24. The van der Waals surface area contributed by atoms with Gasteiger partial charge in [-0.1, -0.05) is 6.58 Å². The van der Waals surface area contributed by atoms with Crippen LogP contribution in [0.5, 0.6) is 0 Å². The van der Waals surface area contributed by atoms with Crippen molar-refractivity contribution in [2.75, 3.05) is 6.61 Å². The molecule has 11 heteroatoms. The fourth-order valence-electron chi connectivity index (χ4n) is 1.72. The quantitative estimate of drug-likeness (QED) is 0.454. The highest BCUT2D eigenvalue weighted by atomic mass is 19.4. The van der Waals surface area contributed by atoms with Gasteiger partial charge in [0.1, 0.15) is 6.61 Å². The Kier molecular flexibility index (Phi) is 4.21. The van der Waals surface area contributed by atoms with Crippen molar-refractivity contribution in [2.45, 2.75) is 36.8 Å². The van der Waals surface area contributed by atoms with Gasteiger partial charge in [-0.05, 0) is 0 Å². The van der Waals surface area contributed by atoms with Gasteiger partial charge in [0, 0.05) is 6.92 Å². The lowest BCUT2D eigenvalue weighted by Crippen LogP contribution is -2.74. The summed E-state index contributed by atoms with van der Waals surface area (Å²) >= 11 is 0. The molecule has 0 bridgehead atoms. The Morgan fingerprint density at radius 1 is 1.33 bits per heavy atom. The molecule has 2 unspecified atom stereocenters. The van der Waals surface area contributed by atoms with Gasteiger partial charge in [0.2, 0.25) is 6.10 Å². The van der Waals surface area contributed by atoms with E-state index in [0.717, 1.165) is 0 Å². The summed E-state index contributed by atoms with van der Waals surface area (Å²) in [5.41, 5.74) is 0. The first kappa shape index (κ1) is 17.5. The normalized spacial score (nSPS) is 31.3. The molecule has 1 saturated heterocycles. The molecule has 0 aromatic heterocycles.